The quantitative estimate of drug-likeness (QED) is 0.791. The fraction of sp³-hybridized carbons (Fsp3) is 0.278. The van der Waals surface area contributed by atoms with Gasteiger partial charge in [0.15, 0.2) is 0 Å². The van der Waals surface area contributed by atoms with E-state index >= 15 is 0 Å². The molecule has 2 rings (SSSR count). The molecule has 134 valence electrons. The zero-order valence-electron chi connectivity index (χ0n) is 14.6. The second-order valence-electron chi connectivity index (χ2n) is 5.79. The van der Waals surface area contributed by atoms with Crippen LogP contribution in [0.2, 0.25) is 0 Å². The summed E-state index contributed by atoms with van der Waals surface area (Å²) in [5.41, 5.74) is 1.56. The standard InChI is InChI=1S/C18H23N3O3S/c1-14-8-10-15(11-9-14)25(23,24)20-17-7-5-4-6-16(17)18(22)21(3)13-12-19-2/h4-11,19-20H,12-13H2,1-3H3. The van der Waals surface area contributed by atoms with Gasteiger partial charge in [-0.1, -0.05) is 29.8 Å². The number of amides is 1. The molecule has 2 aromatic carbocycles. The topological polar surface area (TPSA) is 78.5 Å². The first-order valence-corrected chi connectivity index (χ1v) is 9.42. The molecule has 0 radical (unpaired) electrons. The van der Waals surface area contributed by atoms with Crippen LogP contribution < -0.4 is 10.0 Å². The molecule has 0 unspecified atom stereocenters. The van der Waals surface area contributed by atoms with Crippen molar-refractivity contribution in [2.75, 3.05) is 31.9 Å². The van der Waals surface area contributed by atoms with Gasteiger partial charge >= 0.3 is 0 Å². The number of para-hydroxylation sites is 1. The fourth-order valence-electron chi connectivity index (χ4n) is 2.27. The SMILES string of the molecule is CNCCN(C)C(=O)c1ccccc1NS(=O)(=O)c1ccc(C)cc1. The first kappa shape index (κ1) is 19.0. The number of sulfonamides is 1. The van der Waals surface area contributed by atoms with Crippen molar-refractivity contribution in [1.29, 1.82) is 0 Å². The maximum absolute atomic E-state index is 12.6. The van der Waals surface area contributed by atoms with Crippen molar-refractivity contribution in [3.8, 4) is 0 Å². The van der Waals surface area contributed by atoms with E-state index < -0.39 is 10.0 Å². The van der Waals surface area contributed by atoms with E-state index in [0.717, 1.165) is 5.56 Å². The van der Waals surface area contributed by atoms with E-state index in [2.05, 4.69) is 10.0 Å². The highest BCUT2D eigenvalue weighted by atomic mass is 32.2. The average molecular weight is 361 g/mol. The highest BCUT2D eigenvalue weighted by Crippen LogP contribution is 2.21. The molecule has 2 N–H and O–H groups in total. The van der Waals surface area contributed by atoms with Gasteiger partial charge in [0.1, 0.15) is 0 Å². The van der Waals surface area contributed by atoms with Crippen LogP contribution in [0.15, 0.2) is 53.4 Å². The van der Waals surface area contributed by atoms with Crippen molar-refractivity contribution in [1.82, 2.24) is 10.2 Å². The van der Waals surface area contributed by atoms with E-state index in [4.69, 9.17) is 0 Å². The summed E-state index contributed by atoms with van der Waals surface area (Å²) in [4.78, 5) is 14.3. The van der Waals surface area contributed by atoms with Crippen LogP contribution >= 0.6 is 0 Å². The Labute approximate surface area is 148 Å². The molecule has 0 heterocycles. The lowest BCUT2D eigenvalue weighted by Crippen LogP contribution is -2.33. The maximum atomic E-state index is 12.6. The zero-order chi connectivity index (χ0) is 18.4. The van der Waals surface area contributed by atoms with E-state index in [1.54, 1.807) is 60.5 Å². The van der Waals surface area contributed by atoms with Gasteiger partial charge in [0.2, 0.25) is 0 Å². The van der Waals surface area contributed by atoms with Crippen LogP contribution in [0.3, 0.4) is 0 Å². The number of nitrogens with one attached hydrogen (secondary N) is 2. The summed E-state index contributed by atoms with van der Waals surface area (Å²) >= 11 is 0. The lowest BCUT2D eigenvalue weighted by molar-refractivity contribution is 0.0798. The summed E-state index contributed by atoms with van der Waals surface area (Å²) in [5, 5.41) is 2.98. The van der Waals surface area contributed by atoms with Crippen molar-refractivity contribution in [2.24, 2.45) is 0 Å². The molecule has 1 amide bonds. The van der Waals surface area contributed by atoms with Crippen molar-refractivity contribution in [3.05, 3.63) is 59.7 Å². The molecule has 0 saturated carbocycles. The number of likely N-dealkylation sites (N-methyl/N-ethyl adjacent to an activating group) is 2. The highest BCUT2D eigenvalue weighted by Gasteiger charge is 2.20. The second-order valence-corrected chi connectivity index (χ2v) is 7.48. The van der Waals surface area contributed by atoms with Crippen LogP contribution in [0.25, 0.3) is 0 Å². The van der Waals surface area contributed by atoms with E-state index in [1.807, 2.05) is 14.0 Å². The predicted molar refractivity (Wildman–Crippen MR) is 99.3 cm³/mol. The molecule has 2 aromatic rings. The molecule has 0 spiro atoms. The predicted octanol–water partition coefficient (Wildman–Crippen LogP) is 2.09. The number of hydrogen-bond acceptors (Lipinski definition) is 4. The third-order valence-corrected chi connectivity index (χ3v) is 5.16. The van der Waals surface area contributed by atoms with Gasteiger partial charge in [-0.05, 0) is 38.2 Å². The number of rotatable bonds is 7. The Morgan fingerprint density at radius 3 is 2.36 bits per heavy atom. The maximum Gasteiger partial charge on any atom is 0.261 e. The number of aryl methyl sites for hydroxylation is 1. The molecule has 25 heavy (non-hydrogen) atoms. The molecular formula is C18H23N3O3S. The first-order chi connectivity index (χ1) is 11.8. The minimum atomic E-state index is -3.76. The Kier molecular flexibility index (Phi) is 6.17. The van der Waals surface area contributed by atoms with Gasteiger partial charge in [0.25, 0.3) is 15.9 Å². The normalized spacial score (nSPS) is 11.2. The van der Waals surface area contributed by atoms with Crippen molar-refractivity contribution >= 4 is 21.6 Å². The number of carbonyl (C=O) groups is 1. The van der Waals surface area contributed by atoms with Gasteiger partial charge in [0, 0.05) is 20.1 Å². The molecule has 0 saturated heterocycles. The lowest BCUT2D eigenvalue weighted by atomic mass is 10.1. The Bertz CT molecular complexity index is 833. The van der Waals surface area contributed by atoms with Crippen LogP contribution in [0, 0.1) is 6.92 Å². The number of anilines is 1. The van der Waals surface area contributed by atoms with Gasteiger partial charge in [-0.3, -0.25) is 9.52 Å². The van der Waals surface area contributed by atoms with Crippen LogP contribution in [-0.4, -0.2) is 46.4 Å². The van der Waals surface area contributed by atoms with Gasteiger partial charge in [-0.2, -0.15) is 0 Å². The first-order valence-electron chi connectivity index (χ1n) is 7.94. The van der Waals surface area contributed by atoms with Crippen LogP contribution in [0.1, 0.15) is 15.9 Å². The molecule has 0 aliphatic rings. The number of carbonyl (C=O) groups excluding carboxylic acids is 1. The largest absolute Gasteiger partial charge is 0.340 e. The molecule has 0 fully saturated rings. The second kappa shape index (κ2) is 8.13. The third-order valence-electron chi connectivity index (χ3n) is 3.78. The monoisotopic (exact) mass is 361 g/mol. The van der Waals surface area contributed by atoms with E-state index in [1.165, 1.54) is 0 Å². The summed E-state index contributed by atoms with van der Waals surface area (Å²) in [6.45, 7) is 3.06. The minimum Gasteiger partial charge on any atom is -0.340 e. The van der Waals surface area contributed by atoms with Gasteiger partial charge in [-0.25, -0.2) is 8.42 Å². The number of hydrogen-bond donors (Lipinski definition) is 2. The van der Waals surface area contributed by atoms with E-state index in [-0.39, 0.29) is 16.5 Å². The number of nitrogens with zero attached hydrogens (tertiary/aromatic N) is 1. The van der Waals surface area contributed by atoms with Crippen LogP contribution in [-0.2, 0) is 10.0 Å². The van der Waals surface area contributed by atoms with Gasteiger partial charge in [-0.15, -0.1) is 0 Å². The Balaban J connectivity index is 2.28. The molecule has 0 atom stereocenters. The Morgan fingerprint density at radius 2 is 1.72 bits per heavy atom. The Hall–Kier alpha value is -2.38. The van der Waals surface area contributed by atoms with Gasteiger partial charge in [0.05, 0.1) is 16.1 Å². The molecule has 0 bridgehead atoms. The van der Waals surface area contributed by atoms with Crippen molar-refractivity contribution < 1.29 is 13.2 Å². The zero-order valence-corrected chi connectivity index (χ0v) is 15.4. The molecule has 0 aliphatic heterocycles. The van der Waals surface area contributed by atoms with Crippen LogP contribution in [0.4, 0.5) is 5.69 Å². The van der Waals surface area contributed by atoms with Crippen LogP contribution in [0.5, 0.6) is 0 Å². The lowest BCUT2D eigenvalue weighted by Gasteiger charge is -2.19. The highest BCUT2D eigenvalue weighted by molar-refractivity contribution is 7.92. The number of benzene rings is 2. The fourth-order valence-corrected chi connectivity index (χ4v) is 3.35. The summed E-state index contributed by atoms with van der Waals surface area (Å²) < 4.78 is 27.7. The van der Waals surface area contributed by atoms with E-state index in [9.17, 15) is 13.2 Å². The average Bonchev–Trinajstić information content (AvgIpc) is 2.59. The van der Waals surface area contributed by atoms with Crippen molar-refractivity contribution in [2.45, 2.75) is 11.8 Å². The smallest absolute Gasteiger partial charge is 0.261 e. The van der Waals surface area contributed by atoms with Gasteiger partial charge < -0.3 is 10.2 Å². The Morgan fingerprint density at radius 1 is 1.08 bits per heavy atom. The molecular weight excluding hydrogens is 338 g/mol. The molecule has 7 heteroatoms. The third kappa shape index (κ3) is 4.80. The summed E-state index contributed by atoms with van der Waals surface area (Å²) in [7, 11) is -0.269. The molecule has 0 aromatic heterocycles. The molecule has 6 nitrogen and oxygen atoms in total. The summed E-state index contributed by atoms with van der Waals surface area (Å²) in [6, 6.07) is 13.2. The van der Waals surface area contributed by atoms with E-state index in [0.29, 0.717) is 18.7 Å². The minimum absolute atomic E-state index is 0.156. The van der Waals surface area contributed by atoms with Crippen molar-refractivity contribution in [3.63, 3.8) is 0 Å². The summed E-state index contributed by atoms with van der Waals surface area (Å²) in [6.07, 6.45) is 0. The molecule has 0 aliphatic carbocycles. The summed E-state index contributed by atoms with van der Waals surface area (Å²) in [5.74, 6) is -0.238.